The van der Waals surface area contributed by atoms with Crippen LogP contribution < -0.4 is 0 Å². The number of aromatic amines is 1. The van der Waals surface area contributed by atoms with Crippen LogP contribution in [-0.4, -0.2) is 44.8 Å². The average molecular weight is 261 g/mol. The van der Waals surface area contributed by atoms with E-state index < -0.39 is 5.60 Å². The molecule has 0 saturated carbocycles. The molecule has 0 spiro atoms. The van der Waals surface area contributed by atoms with Crippen molar-refractivity contribution in [1.82, 2.24) is 15.1 Å². The molecule has 1 aromatic carbocycles. The quantitative estimate of drug-likeness (QED) is 0.881. The smallest absolute Gasteiger partial charge is 0.254 e. The highest BCUT2D eigenvalue weighted by atomic mass is 16.3. The molecular formula is C14H19N3O2. The van der Waals surface area contributed by atoms with Gasteiger partial charge in [0.05, 0.1) is 17.3 Å². The summed E-state index contributed by atoms with van der Waals surface area (Å²) in [6.07, 6.45) is 1.72. The number of hydrogen-bond acceptors (Lipinski definition) is 3. The molecule has 5 nitrogen and oxygen atoms in total. The van der Waals surface area contributed by atoms with Crippen molar-refractivity contribution in [3.05, 3.63) is 30.0 Å². The maximum Gasteiger partial charge on any atom is 0.254 e. The number of nitrogens with one attached hydrogen (secondary N) is 1. The van der Waals surface area contributed by atoms with Crippen molar-refractivity contribution in [2.75, 3.05) is 13.1 Å². The van der Waals surface area contributed by atoms with Gasteiger partial charge in [0.1, 0.15) is 0 Å². The molecule has 0 radical (unpaired) electrons. The Labute approximate surface area is 112 Å². The zero-order valence-corrected chi connectivity index (χ0v) is 11.5. The Bertz CT molecular complexity index is 584. The summed E-state index contributed by atoms with van der Waals surface area (Å²) < 4.78 is 0. The molecule has 0 aliphatic rings. The fraction of sp³-hybridized carbons (Fsp3) is 0.429. The largest absolute Gasteiger partial charge is 0.389 e. The van der Waals surface area contributed by atoms with Gasteiger partial charge in [-0.3, -0.25) is 9.89 Å². The summed E-state index contributed by atoms with van der Waals surface area (Å²) in [7, 11) is 0. The van der Waals surface area contributed by atoms with E-state index in [2.05, 4.69) is 10.2 Å². The van der Waals surface area contributed by atoms with Crippen molar-refractivity contribution in [1.29, 1.82) is 0 Å². The van der Waals surface area contributed by atoms with Gasteiger partial charge in [0, 0.05) is 24.0 Å². The molecule has 19 heavy (non-hydrogen) atoms. The molecule has 0 aliphatic carbocycles. The lowest BCUT2D eigenvalue weighted by Crippen LogP contribution is -2.42. The van der Waals surface area contributed by atoms with Crippen molar-refractivity contribution in [2.45, 2.75) is 26.4 Å². The van der Waals surface area contributed by atoms with Gasteiger partial charge in [-0.15, -0.1) is 0 Å². The van der Waals surface area contributed by atoms with Gasteiger partial charge in [-0.2, -0.15) is 5.10 Å². The summed E-state index contributed by atoms with van der Waals surface area (Å²) >= 11 is 0. The Morgan fingerprint density at radius 1 is 1.47 bits per heavy atom. The molecule has 0 bridgehead atoms. The molecule has 2 N–H and O–H groups in total. The SMILES string of the molecule is CCN(CC(C)(C)O)C(=O)c1ccc2cn[nH]c2c1. The predicted octanol–water partition coefficient (Wildman–Crippen LogP) is 1.80. The number of hydrogen-bond donors (Lipinski definition) is 2. The van der Waals surface area contributed by atoms with Gasteiger partial charge in [0.25, 0.3) is 5.91 Å². The van der Waals surface area contributed by atoms with Crippen molar-refractivity contribution >= 4 is 16.8 Å². The monoisotopic (exact) mass is 261 g/mol. The molecule has 102 valence electrons. The van der Waals surface area contributed by atoms with Gasteiger partial charge >= 0.3 is 0 Å². The lowest BCUT2D eigenvalue weighted by atomic mass is 10.1. The number of carbonyl (C=O) groups is 1. The lowest BCUT2D eigenvalue weighted by Gasteiger charge is -2.28. The standard InChI is InChI=1S/C14H19N3O2/c1-4-17(9-14(2,3)19)13(18)10-5-6-11-8-15-16-12(11)7-10/h5-8,19H,4,9H2,1-3H3,(H,15,16). The molecule has 1 aromatic heterocycles. The minimum Gasteiger partial charge on any atom is -0.389 e. The van der Waals surface area contributed by atoms with Gasteiger partial charge < -0.3 is 10.0 Å². The number of likely N-dealkylation sites (N-methyl/N-ethyl adjacent to an activating group) is 1. The highest BCUT2D eigenvalue weighted by Crippen LogP contribution is 2.15. The van der Waals surface area contributed by atoms with E-state index in [-0.39, 0.29) is 5.91 Å². The fourth-order valence-corrected chi connectivity index (χ4v) is 2.05. The van der Waals surface area contributed by atoms with E-state index in [1.807, 2.05) is 13.0 Å². The molecule has 1 amide bonds. The van der Waals surface area contributed by atoms with Crippen LogP contribution in [0.2, 0.25) is 0 Å². The van der Waals surface area contributed by atoms with Gasteiger partial charge in [-0.1, -0.05) is 6.07 Å². The second-order valence-corrected chi connectivity index (χ2v) is 5.30. The van der Waals surface area contributed by atoms with Crippen molar-refractivity contribution < 1.29 is 9.90 Å². The van der Waals surface area contributed by atoms with Crippen LogP contribution in [0.4, 0.5) is 0 Å². The van der Waals surface area contributed by atoms with Crippen molar-refractivity contribution in [3.63, 3.8) is 0 Å². The summed E-state index contributed by atoms with van der Waals surface area (Å²) in [6.45, 7) is 6.16. The minimum absolute atomic E-state index is 0.0823. The van der Waals surface area contributed by atoms with Gasteiger partial charge in [0.15, 0.2) is 0 Å². The van der Waals surface area contributed by atoms with E-state index in [0.29, 0.717) is 18.7 Å². The number of H-pyrrole nitrogens is 1. The summed E-state index contributed by atoms with van der Waals surface area (Å²) in [6, 6.07) is 5.44. The van der Waals surface area contributed by atoms with E-state index in [9.17, 15) is 9.90 Å². The number of nitrogens with zero attached hydrogens (tertiary/aromatic N) is 2. The Balaban J connectivity index is 2.25. The number of carbonyl (C=O) groups excluding carboxylic acids is 1. The van der Waals surface area contributed by atoms with Gasteiger partial charge in [-0.05, 0) is 32.9 Å². The van der Waals surface area contributed by atoms with Crippen LogP contribution in [-0.2, 0) is 0 Å². The maximum atomic E-state index is 12.4. The zero-order valence-electron chi connectivity index (χ0n) is 11.5. The Morgan fingerprint density at radius 3 is 2.84 bits per heavy atom. The van der Waals surface area contributed by atoms with E-state index in [1.54, 1.807) is 37.1 Å². The molecule has 0 saturated heterocycles. The number of benzene rings is 1. The minimum atomic E-state index is -0.899. The predicted molar refractivity (Wildman–Crippen MR) is 74.0 cm³/mol. The average Bonchev–Trinajstić information content (AvgIpc) is 2.81. The molecule has 5 heteroatoms. The Morgan fingerprint density at radius 2 is 2.21 bits per heavy atom. The number of amides is 1. The second kappa shape index (κ2) is 5.01. The van der Waals surface area contributed by atoms with Crippen LogP contribution in [0.25, 0.3) is 10.9 Å². The number of fused-ring (bicyclic) bond motifs is 1. The Hall–Kier alpha value is -1.88. The third-order valence-corrected chi connectivity index (χ3v) is 2.94. The second-order valence-electron chi connectivity index (χ2n) is 5.30. The molecule has 0 unspecified atom stereocenters. The van der Waals surface area contributed by atoms with Crippen molar-refractivity contribution in [2.24, 2.45) is 0 Å². The first-order valence-electron chi connectivity index (χ1n) is 6.35. The summed E-state index contributed by atoms with van der Waals surface area (Å²) in [5.41, 5.74) is 0.539. The molecular weight excluding hydrogens is 242 g/mol. The zero-order chi connectivity index (χ0) is 14.0. The van der Waals surface area contributed by atoms with Crippen LogP contribution in [0.5, 0.6) is 0 Å². The van der Waals surface area contributed by atoms with Crippen LogP contribution in [0.3, 0.4) is 0 Å². The molecule has 2 rings (SSSR count). The molecule has 1 heterocycles. The number of aliphatic hydroxyl groups is 1. The summed E-state index contributed by atoms with van der Waals surface area (Å²) in [5, 5.41) is 17.6. The third-order valence-electron chi connectivity index (χ3n) is 2.94. The molecule has 0 aliphatic heterocycles. The van der Waals surface area contributed by atoms with Gasteiger partial charge in [-0.25, -0.2) is 0 Å². The maximum absolute atomic E-state index is 12.4. The highest BCUT2D eigenvalue weighted by Gasteiger charge is 2.22. The lowest BCUT2D eigenvalue weighted by molar-refractivity contribution is 0.0315. The molecule has 0 fully saturated rings. The van der Waals surface area contributed by atoms with Gasteiger partial charge in [0.2, 0.25) is 0 Å². The van der Waals surface area contributed by atoms with Crippen LogP contribution in [0.15, 0.2) is 24.4 Å². The Kier molecular flexibility index (Phi) is 3.57. The first-order chi connectivity index (χ1) is 8.90. The number of aromatic nitrogens is 2. The van der Waals surface area contributed by atoms with E-state index in [1.165, 1.54) is 0 Å². The van der Waals surface area contributed by atoms with E-state index in [4.69, 9.17) is 0 Å². The highest BCUT2D eigenvalue weighted by molar-refractivity contribution is 5.97. The first-order valence-corrected chi connectivity index (χ1v) is 6.35. The topological polar surface area (TPSA) is 69.2 Å². The molecule has 2 aromatic rings. The third kappa shape index (κ3) is 3.12. The van der Waals surface area contributed by atoms with Crippen LogP contribution in [0.1, 0.15) is 31.1 Å². The summed E-state index contributed by atoms with van der Waals surface area (Å²) in [4.78, 5) is 14.0. The fourth-order valence-electron chi connectivity index (χ4n) is 2.05. The summed E-state index contributed by atoms with van der Waals surface area (Å²) in [5.74, 6) is -0.0823. The van der Waals surface area contributed by atoms with Crippen LogP contribution in [0, 0.1) is 0 Å². The first kappa shape index (κ1) is 13.5. The normalized spacial score (nSPS) is 11.8. The number of rotatable bonds is 4. The van der Waals surface area contributed by atoms with Crippen molar-refractivity contribution in [3.8, 4) is 0 Å². The van der Waals surface area contributed by atoms with Crippen LogP contribution >= 0.6 is 0 Å². The van der Waals surface area contributed by atoms with E-state index in [0.717, 1.165) is 10.9 Å². The molecule has 0 atom stereocenters. The van der Waals surface area contributed by atoms with E-state index >= 15 is 0 Å².